The summed E-state index contributed by atoms with van der Waals surface area (Å²) in [5.41, 5.74) is 7.43. The highest BCUT2D eigenvalue weighted by Gasteiger charge is 2.36. The van der Waals surface area contributed by atoms with Crippen LogP contribution >= 0.6 is 0 Å². The minimum atomic E-state index is -3.87. The molecule has 1 fully saturated rings. The zero-order valence-electron chi connectivity index (χ0n) is 15.2. The molecule has 0 saturated heterocycles. The fourth-order valence-corrected chi connectivity index (χ4v) is 5.71. The molecule has 0 radical (unpaired) electrons. The number of aromatic nitrogens is 2. The van der Waals surface area contributed by atoms with Gasteiger partial charge < -0.3 is 10.7 Å². The van der Waals surface area contributed by atoms with Crippen LogP contribution in [0.3, 0.4) is 0 Å². The first-order valence-corrected chi connectivity index (χ1v) is 10.7. The number of sulfonamides is 1. The van der Waals surface area contributed by atoms with Crippen LogP contribution in [0.2, 0.25) is 0 Å². The summed E-state index contributed by atoms with van der Waals surface area (Å²) in [6, 6.07) is 11.9. The summed E-state index contributed by atoms with van der Waals surface area (Å²) in [7, 11) is -3.87. The second-order valence-electron chi connectivity index (χ2n) is 7.09. The number of nitrogens with two attached hydrogens (primary N) is 1. The molecule has 1 aromatic carbocycles. The summed E-state index contributed by atoms with van der Waals surface area (Å²) in [4.78, 5) is 7.46. The van der Waals surface area contributed by atoms with E-state index in [1.54, 1.807) is 36.7 Å². The van der Waals surface area contributed by atoms with Crippen LogP contribution in [0.5, 0.6) is 0 Å². The summed E-state index contributed by atoms with van der Waals surface area (Å²) in [6.45, 7) is 0. The molecule has 1 aliphatic rings. The number of anilines is 2. The molecule has 1 aliphatic carbocycles. The molecule has 0 amide bonds. The average molecular weight is 395 g/mol. The van der Waals surface area contributed by atoms with Crippen molar-refractivity contribution < 1.29 is 8.42 Å². The van der Waals surface area contributed by atoms with E-state index in [2.05, 4.69) is 16.0 Å². The van der Waals surface area contributed by atoms with Crippen molar-refractivity contribution in [2.24, 2.45) is 5.92 Å². The Morgan fingerprint density at radius 1 is 1.25 bits per heavy atom. The molecule has 1 saturated carbocycles. The number of fused-ring (bicyclic) bond motifs is 1. The van der Waals surface area contributed by atoms with Crippen LogP contribution in [-0.4, -0.2) is 24.4 Å². The molecule has 2 atom stereocenters. The van der Waals surface area contributed by atoms with Gasteiger partial charge in [-0.2, -0.15) is 5.26 Å². The van der Waals surface area contributed by atoms with Crippen molar-refractivity contribution in [1.82, 2.24) is 9.97 Å². The number of pyridine rings is 1. The maximum absolute atomic E-state index is 13.7. The highest BCUT2D eigenvalue weighted by Crippen LogP contribution is 2.37. The lowest BCUT2D eigenvalue weighted by atomic mass is 9.86. The largest absolute Gasteiger partial charge is 0.399 e. The first-order chi connectivity index (χ1) is 13.5. The van der Waals surface area contributed by atoms with Crippen molar-refractivity contribution in [2.75, 3.05) is 10.0 Å². The first kappa shape index (κ1) is 18.3. The monoisotopic (exact) mass is 395 g/mol. The average Bonchev–Trinajstić information content (AvgIpc) is 3.18. The van der Waals surface area contributed by atoms with E-state index >= 15 is 0 Å². The van der Waals surface area contributed by atoms with Gasteiger partial charge in [-0.1, -0.05) is 12.5 Å². The maximum atomic E-state index is 13.7. The van der Waals surface area contributed by atoms with Gasteiger partial charge in [0.05, 0.1) is 16.7 Å². The molecule has 7 nitrogen and oxygen atoms in total. The Morgan fingerprint density at radius 2 is 2.11 bits per heavy atom. The summed E-state index contributed by atoms with van der Waals surface area (Å²) in [5, 5.41) is 10.1. The van der Waals surface area contributed by atoms with Gasteiger partial charge in [0.15, 0.2) is 0 Å². The molecule has 0 aliphatic heterocycles. The summed E-state index contributed by atoms with van der Waals surface area (Å²) >= 11 is 0. The third-order valence-corrected chi connectivity index (χ3v) is 7.11. The van der Waals surface area contributed by atoms with Crippen LogP contribution in [0.15, 0.2) is 53.7 Å². The number of nitrogens with one attached hydrogen (secondary N) is 1. The first-order valence-electron chi connectivity index (χ1n) is 9.22. The number of rotatable bonds is 4. The summed E-state index contributed by atoms with van der Waals surface area (Å²) < 4.78 is 28.9. The van der Waals surface area contributed by atoms with Crippen molar-refractivity contribution in [1.29, 1.82) is 5.26 Å². The number of H-pyrrole nitrogens is 1. The molecule has 3 aromatic rings. The van der Waals surface area contributed by atoms with E-state index in [9.17, 15) is 13.7 Å². The number of nitriles is 1. The highest BCUT2D eigenvalue weighted by molar-refractivity contribution is 7.92. The highest BCUT2D eigenvalue weighted by atomic mass is 32.2. The third kappa shape index (κ3) is 3.18. The Bertz CT molecular complexity index is 1150. The van der Waals surface area contributed by atoms with Gasteiger partial charge in [0.25, 0.3) is 10.0 Å². The van der Waals surface area contributed by atoms with Crippen molar-refractivity contribution >= 4 is 32.4 Å². The molecule has 144 valence electrons. The number of benzene rings is 1. The zero-order valence-corrected chi connectivity index (χ0v) is 16.1. The topological polar surface area (TPSA) is 116 Å². The van der Waals surface area contributed by atoms with Gasteiger partial charge in [-0.15, -0.1) is 0 Å². The summed E-state index contributed by atoms with van der Waals surface area (Å²) in [6.07, 6.45) is 6.16. The minimum Gasteiger partial charge on any atom is -0.399 e. The fraction of sp³-hybridized carbons (Fsp3) is 0.300. The van der Waals surface area contributed by atoms with Crippen LogP contribution in [0.1, 0.15) is 25.7 Å². The standard InChI is InChI=1S/C20H21N5O2S/c21-13-14-3-1-5-16(11-14)25(19-8-10-24-20-18(19)7-9-23-20)28(26,27)17-6-2-4-15(22)12-17/h2,4,6-10,12,14,16H,1,3,5,11,22H2,(H,23,24). The number of nitrogen functional groups attached to an aromatic ring is 1. The predicted molar refractivity (Wildman–Crippen MR) is 108 cm³/mol. The van der Waals surface area contributed by atoms with Crippen molar-refractivity contribution in [3.05, 3.63) is 48.8 Å². The van der Waals surface area contributed by atoms with E-state index in [-0.39, 0.29) is 16.9 Å². The minimum absolute atomic E-state index is 0.145. The van der Waals surface area contributed by atoms with Gasteiger partial charge in [0, 0.05) is 35.4 Å². The number of hydrogen-bond acceptors (Lipinski definition) is 5. The molecule has 0 bridgehead atoms. The van der Waals surface area contributed by atoms with Gasteiger partial charge in [0.2, 0.25) is 0 Å². The Hall–Kier alpha value is -3.05. The van der Waals surface area contributed by atoms with Gasteiger partial charge >= 0.3 is 0 Å². The lowest BCUT2D eigenvalue weighted by molar-refractivity contribution is 0.378. The number of hydrogen-bond donors (Lipinski definition) is 2. The van der Waals surface area contributed by atoms with Crippen molar-refractivity contribution in [3.8, 4) is 6.07 Å². The second kappa shape index (κ2) is 7.17. The molecule has 2 aromatic heterocycles. The molecule has 2 unspecified atom stereocenters. The molecule has 28 heavy (non-hydrogen) atoms. The Labute approximate surface area is 163 Å². The van der Waals surface area contributed by atoms with Crippen LogP contribution < -0.4 is 10.0 Å². The van der Waals surface area contributed by atoms with Crippen molar-refractivity contribution in [2.45, 2.75) is 36.6 Å². The van der Waals surface area contributed by atoms with Crippen LogP contribution in [-0.2, 0) is 10.0 Å². The molecule has 4 rings (SSSR count). The van der Waals surface area contributed by atoms with E-state index < -0.39 is 10.0 Å². The van der Waals surface area contributed by atoms with E-state index in [4.69, 9.17) is 5.73 Å². The molecule has 8 heteroatoms. The lowest BCUT2D eigenvalue weighted by Gasteiger charge is -2.36. The smallest absolute Gasteiger partial charge is 0.264 e. The van der Waals surface area contributed by atoms with Gasteiger partial charge in [-0.3, -0.25) is 4.31 Å². The maximum Gasteiger partial charge on any atom is 0.264 e. The summed E-state index contributed by atoms with van der Waals surface area (Å²) in [5.74, 6) is -0.152. The molecular formula is C20H21N5O2S. The van der Waals surface area contributed by atoms with Gasteiger partial charge in [-0.05, 0) is 49.6 Å². The van der Waals surface area contributed by atoms with E-state index in [1.807, 2.05) is 6.07 Å². The van der Waals surface area contributed by atoms with Crippen LogP contribution in [0.25, 0.3) is 11.0 Å². The fourth-order valence-electron chi connectivity index (χ4n) is 3.94. The Morgan fingerprint density at radius 3 is 2.89 bits per heavy atom. The van der Waals surface area contributed by atoms with Gasteiger partial charge in [-0.25, -0.2) is 13.4 Å². The number of aromatic amines is 1. The molecule has 2 heterocycles. The number of nitrogens with zero attached hydrogens (tertiary/aromatic N) is 3. The van der Waals surface area contributed by atoms with E-state index in [0.29, 0.717) is 29.9 Å². The van der Waals surface area contributed by atoms with Gasteiger partial charge in [0.1, 0.15) is 5.65 Å². The molecular weight excluding hydrogens is 374 g/mol. The van der Waals surface area contributed by atoms with E-state index in [1.165, 1.54) is 10.4 Å². The predicted octanol–water partition coefficient (Wildman–Crippen LogP) is 3.42. The molecule has 0 spiro atoms. The zero-order chi connectivity index (χ0) is 19.7. The SMILES string of the molecule is N#CC1CCCC(N(c2ccnc3[nH]ccc23)S(=O)(=O)c2cccc(N)c2)C1. The van der Waals surface area contributed by atoms with Crippen LogP contribution in [0.4, 0.5) is 11.4 Å². The molecule has 3 N–H and O–H groups in total. The Balaban J connectivity index is 1.89. The Kier molecular flexibility index (Phi) is 4.69. The normalized spacial score (nSPS) is 20.0. The van der Waals surface area contributed by atoms with Crippen LogP contribution in [0, 0.1) is 17.2 Å². The third-order valence-electron chi connectivity index (χ3n) is 5.25. The second-order valence-corrected chi connectivity index (χ2v) is 8.90. The quantitative estimate of drug-likeness (QED) is 0.657. The van der Waals surface area contributed by atoms with E-state index in [0.717, 1.165) is 18.2 Å². The van der Waals surface area contributed by atoms with Crippen molar-refractivity contribution in [3.63, 3.8) is 0 Å². The lowest BCUT2D eigenvalue weighted by Crippen LogP contribution is -2.43.